The molecule has 0 atom stereocenters. The largest absolute Gasteiger partial charge is 0.307 e. The minimum Gasteiger partial charge on any atom is -0.307 e. The van der Waals surface area contributed by atoms with Crippen molar-refractivity contribution in [2.45, 2.75) is 0 Å². The van der Waals surface area contributed by atoms with Gasteiger partial charge in [0.25, 0.3) is 0 Å². The first-order chi connectivity index (χ1) is 6.11. The number of hydrogen-bond donors (Lipinski definition) is 1. The molecule has 0 aliphatic rings. The van der Waals surface area contributed by atoms with E-state index in [4.69, 9.17) is 0 Å². The second-order valence-electron chi connectivity index (χ2n) is 2.54. The van der Waals surface area contributed by atoms with Crippen LogP contribution in [0.5, 0.6) is 0 Å². The van der Waals surface area contributed by atoms with Crippen LogP contribution in [0.25, 0.3) is 10.8 Å². The van der Waals surface area contributed by atoms with Crippen LogP contribution in [0.4, 0.5) is 17.6 Å². The van der Waals surface area contributed by atoms with Crippen LogP contribution in [-0.4, -0.2) is 4.98 Å². The summed E-state index contributed by atoms with van der Waals surface area (Å²) < 4.78 is 50.9. The van der Waals surface area contributed by atoms with E-state index >= 15 is 0 Å². The maximum absolute atomic E-state index is 12.9. The monoisotopic (exact) mass is 189 g/mol. The molecule has 5 heteroatoms. The summed E-state index contributed by atoms with van der Waals surface area (Å²) in [5.41, 5.74) is 0. The van der Waals surface area contributed by atoms with Gasteiger partial charge in [0.15, 0.2) is 11.6 Å². The van der Waals surface area contributed by atoms with Crippen molar-refractivity contribution in [2.75, 3.05) is 0 Å². The highest BCUT2D eigenvalue weighted by Gasteiger charge is 2.16. The number of halogens is 4. The van der Waals surface area contributed by atoms with E-state index < -0.39 is 28.9 Å². The zero-order valence-electron chi connectivity index (χ0n) is 6.17. The predicted molar refractivity (Wildman–Crippen MR) is 38.1 cm³/mol. The van der Waals surface area contributed by atoms with Gasteiger partial charge < -0.3 is 4.98 Å². The second-order valence-corrected chi connectivity index (χ2v) is 2.54. The second kappa shape index (κ2) is 2.48. The smallest absolute Gasteiger partial charge is 0.204 e. The molecule has 68 valence electrons. The molecule has 1 aromatic carbocycles. The topological polar surface area (TPSA) is 15.8 Å². The van der Waals surface area contributed by atoms with Gasteiger partial charge in [-0.25, -0.2) is 8.78 Å². The molecule has 0 bridgehead atoms. The van der Waals surface area contributed by atoms with Crippen LogP contribution < -0.4 is 0 Å². The average molecular weight is 189 g/mol. The average Bonchev–Trinajstić information content (AvgIpc) is 2.35. The minimum absolute atomic E-state index is 0.295. The maximum Gasteiger partial charge on any atom is 0.204 e. The number of H-pyrrole nitrogens is 1. The van der Waals surface area contributed by atoms with Gasteiger partial charge in [0.1, 0.15) is 0 Å². The maximum atomic E-state index is 12.9. The lowest BCUT2D eigenvalue weighted by atomic mass is 10.2. The van der Waals surface area contributed by atoms with Gasteiger partial charge in [-0.05, 0) is 12.1 Å². The van der Waals surface area contributed by atoms with E-state index in [1.54, 1.807) is 4.98 Å². The van der Waals surface area contributed by atoms with Gasteiger partial charge in [0.05, 0.1) is 5.39 Å². The standard InChI is InChI=1S/C8H3F4N/c9-4-2-1-3-5(6(4)10)8(12)13-7(3)11/h1-2,13H. The van der Waals surface area contributed by atoms with Gasteiger partial charge in [-0.1, -0.05) is 0 Å². The molecule has 1 aromatic heterocycles. The van der Waals surface area contributed by atoms with Crippen molar-refractivity contribution in [1.29, 1.82) is 0 Å². The number of aromatic amines is 1. The molecular formula is C8H3F4N. The highest BCUT2D eigenvalue weighted by molar-refractivity contribution is 5.83. The Morgan fingerprint density at radius 1 is 0.923 bits per heavy atom. The Kier molecular flexibility index (Phi) is 1.55. The molecule has 0 aliphatic carbocycles. The molecule has 0 unspecified atom stereocenters. The fraction of sp³-hybridized carbons (Fsp3) is 0. The van der Waals surface area contributed by atoms with E-state index in [0.29, 0.717) is 0 Å². The van der Waals surface area contributed by atoms with Crippen LogP contribution in [0.15, 0.2) is 12.1 Å². The number of hydrogen-bond acceptors (Lipinski definition) is 0. The number of benzene rings is 1. The van der Waals surface area contributed by atoms with Crippen molar-refractivity contribution >= 4 is 10.8 Å². The van der Waals surface area contributed by atoms with E-state index in [9.17, 15) is 17.6 Å². The normalized spacial score (nSPS) is 11.1. The summed E-state index contributed by atoms with van der Waals surface area (Å²) in [7, 11) is 0. The van der Waals surface area contributed by atoms with Gasteiger partial charge in [-0.3, -0.25) is 0 Å². The summed E-state index contributed by atoms with van der Waals surface area (Å²) in [4.78, 5) is 1.64. The van der Waals surface area contributed by atoms with E-state index in [2.05, 4.69) is 0 Å². The first kappa shape index (κ1) is 8.10. The number of aromatic nitrogens is 1. The van der Waals surface area contributed by atoms with Gasteiger partial charge in [0.2, 0.25) is 11.9 Å². The van der Waals surface area contributed by atoms with Crippen molar-refractivity contribution in [1.82, 2.24) is 4.98 Å². The lowest BCUT2D eigenvalue weighted by molar-refractivity contribution is 0.508. The van der Waals surface area contributed by atoms with Gasteiger partial charge in [-0.2, -0.15) is 8.78 Å². The van der Waals surface area contributed by atoms with Crippen LogP contribution in [0.3, 0.4) is 0 Å². The fourth-order valence-corrected chi connectivity index (χ4v) is 1.17. The SMILES string of the molecule is Fc1ccc2c(F)[nH]c(F)c2c1F. The first-order valence-electron chi connectivity index (χ1n) is 3.42. The first-order valence-corrected chi connectivity index (χ1v) is 3.42. The summed E-state index contributed by atoms with van der Waals surface area (Å²) in [5.74, 6) is -4.79. The third-order valence-electron chi connectivity index (χ3n) is 1.77. The van der Waals surface area contributed by atoms with Crippen molar-refractivity contribution < 1.29 is 17.6 Å². The number of rotatable bonds is 0. The molecule has 0 amide bonds. The summed E-state index contributed by atoms with van der Waals surface area (Å²) in [6, 6.07) is 1.72. The molecular weight excluding hydrogens is 186 g/mol. The molecule has 0 fully saturated rings. The number of nitrogens with one attached hydrogen (secondary N) is 1. The van der Waals surface area contributed by atoms with Gasteiger partial charge in [-0.15, -0.1) is 0 Å². The van der Waals surface area contributed by atoms with Crippen molar-refractivity contribution in [3.8, 4) is 0 Å². The fourth-order valence-electron chi connectivity index (χ4n) is 1.17. The molecule has 0 saturated heterocycles. The van der Waals surface area contributed by atoms with Crippen molar-refractivity contribution in [2.24, 2.45) is 0 Å². The molecule has 1 N–H and O–H groups in total. The van der Waals surface area contributed by atoms with E-state index in [1.165, 1.54) is 0 Å². The minimum atomic E-state index is -1.38. The molecule has 0 radical (unpaired) electrons. The Morgan fingerprint density at radius 3 is 2.31 bits per heavy atom. The molecule has 2 rings (SSSR count). The predicted octanol–water partition coefficient (Wildman–Crippen LogP) is 2.72. The van der Waals surface area contributed by atoms with E-state index in [-0.39, 0.29) is 5.39 Å². The van der Waals surface area contributed by atoms with Crippen LogP contribution in [-0.2, 0) is 0 Å². The molecule has 13 heavy (non-hydrogen) atoms. The molecule has 0 spiro atoms. The van der Waals surface area contributed by atoms with Gasteiger partial charge in [0, 0.05) is 5.39 Å². The molecule has 0 aliphatic heterocycles. The van der Waals surface area contributed by atoms with E-state index in [1.807, 2.05) is 0 Å². The van der Waals surface area contributed by atoms with E-state index in [0.717, 1.165) is 12.1 Å². The Morgan fingerprint density at radius 2 is 1.62 bits per heavy atom. The highest BCUT2D eigenvalue weighted by atomic mass is 19.2. The summed E-state index contributed by atoms with van der Waals surface area (Å²) in [6.45, 7) is 0. The summed E-state index contributed by atoms with van der Waals surface area (Å²) >= 11 is 0. The molecule has 1 nitrogen and oxygen atoms in total. The van der Waals surface area contributed by atoms with Gasteiger partial charge >= 0.3 is 0 Å². The molecule has 1 heterocycles. The zero-order valence-corrected chi connectivity index (χ0v) is 6.17. The Bertz CT molecular complexity index is 474. The Labute approximate surface area is 70.0 Å². The van der Waals surface area contributed by atoms with Crippen molar-refractivity contribution in [3.05, 3.63) is 35.7 Å². The van der Waals surface area contributed by atoms with Crippen molar-refractivity contribution in [3.63, 3.8) is 0 Å². The molecule has 0 saturated carbocycles. The van der Waals surface area contributed by atoms with Crippen LogP contribution >= 0.6 is 0 Å². The quantitative estimate of drug-likeness (QED) is 0.613. The van der Waals surface area contributed by atoms with Crippen LogP contribution in [0.1, 0.15) is 0 Å². The number of fused-ring (bicyclic) bond motifs is 1. The third-order valence-corrected chi connectivity index (χ3v) is 1.77. The lowest BCUT2D eigenvalue weighted by Gasteiger charge is -1.93. The highest BCUT2D eigenvalue weighted by Crippen LogP contribution is 2.24. The Balaban J connectivity index is 2.98. The Hall–Kier alpha value is -1.52. The summed E-state index contributed by atoms with van der Waals surface area (Å²) in [6.07, 6.45) is 0. The van der Waals surface area contributed by atoms with Crippen LogP contribution in [0, 0.1) is 23.5 Å². The lowest BCUT2D eigenvalue weighted by Crippen LogP contribution is -1.85. The zero-order chi connectivity index (χ0) is 9.59. The molecule has 2 aromatic rings. The van der Waals surface area contributed by atoms with Crippen LogP contribution in [0.2, 0.25) is 0 Å². The third kappa shape index (κ3) is 0.998. The summed E-state index contributed by atoms with van der Waals surface area (Å²) in [5, 5.41) is -0.978.